The maximum atomic E-state index is 11.9. The van der Waals surface area contributed by atoms with Gasteiger partial charge in [0.1, 0.15) is 0 Å². The van der Waals surface area contributed by atoms with Gasteiger partial charge in [0.2, 0.25) is 5.60 Å². The molecule has 0 aliphatic heterocycles. The Balaban J connectivity index is 2.10. The fourth-order valence-corrected chi connectivity index (χ4v) is 2.23. The highest BCUT2D eigenvalue weighted by atomic mass is 16.5. The predicted molar refractivity (Wildman–Crippen MR) is 89.1 cm³/mol. The average molecular weight is 328 g/mol. The Kier molecular flexibility index (Phi) is 5.68. The molecule has 1 atom stereocenters. The number of ether oxygens (including phenoxy) is 1. The molecule has 3 N–H and O–H groups in total. The van der Waals surface area contributed by atoms with E-state index in [1.165, 1.54) is 19.5 Å². The molecule has 0 spiro atoms. The van der Waals surface area contributed by atoms with Crippen LogP contribution in [0.4, 0.5) is 0 Å². The normalized spacial score (nSPS) is 13.0. The first-order valence-electron chi connectivity index (χ1n) is 7.46. The Morgan fingerprint density at radius 2 is 1.58 bits per heavy atom. The molecule has 6 heteroatoms. The zero-order valence-corrected chi connectivity index (χ0v) is 13.6. The Morgan fingerprint density at radius 1 is 1.00 bits per heavy atom. The molecule has 2 amide bonds. The first-order valence-corrected chi connectivity index (χ1v) is 7.46. The molecule has 0 bridgehead atoms. The highest BCUT2D eigenvalue weighted by Crippen LogP contribution is 2.21. The van der Waals surface area contributed by atoms with Crippen LogP contribution in [0, 0.1) is 0 Å². The number of benzene rings is 2. The van der Waals surface area contributed by atoms with Crippen LogP contribution in [0.2, 0.25) is 0 Å². The number of hydrogen-bond acceptors (Lipinski definition) is 4. The van der Waals surface area contributed by atoms with Crippen molar-refractivity contribution in [3.63, 3.8) is 0 Å². The SMILES string of the molecule is CNC(=O)C(C)(OCc1ccc(-c2ccccc2)cc1)C(=O)NO. The third-order valence-corrected chi connectivity index (χ3v) is 3.78. The van der Waals surface area contributed by atoms with Gasteiger partial charge in [0.05, 0.1) is 6.61 Å². The summed E-state index contributed by atoms with van der Waals surface area (Å²) in [6.45, 7) is 1.35. The van der Waals surface area contributed by atoms with Crippen molar-refractivity contribution in [1.82, 2.24) is 10.8 Å². The molecule has 0 fully saturated rings. The molecular formula is C18H20N2O4. The largest absolute Gasteiger partial charge is 0.356 e. The van der Waals surface area contributed by atoms with Crippen LogP contribution >= 0.6 is 0 Å². The van der Waals surface area contributed by atoms with Crippen LogP contribution < -0.4 is 10.8 Å². The summed E-state index contributed by atoms with van der Waals surface area (Å²) in [6.07, 6.45) is 0. The number of amides is 2. The van der Waals surface area contributed by atoms with Crippen molar-refractivity contribution >= 4 is 11.8 Å². The lowest BCUT2D eigenvalue weighted by molar-refractivity contribution is -0.165. The van der Waals surface area contributed by atoms with Crippen LogP contribution in [0.15, 0.2) is 54.6 Å². The third kappa shape index (κ3) is 3.79. The summed E-state index contributed by atoms with van der Waals surface area (Å²) in [5, 5.41) is 11.2. The lowest BCUT2D eigenvalue weighted by Gasteiger charge is -2.25. The summed E-state index contributed by atoms with van der Waals surface area (Å²) in [7, 11) is 1.39. The molecule has 2 rings (SSSR count). The Labute approximate surface area is 140 Å². The molecule has 0 saturated heterocycles. The van der Waals surface area contributed by atoms with Gasteiger partial charge in [-0.05, 0) is 23.6 Å². The minimum absolute atomic E-state index is 0.0480. The zero-order chi connectivity index (χ0) is 17.6. The van der Waals surface area contributed by atoms with Gasteiger partial charge >= 0.3 is 0 Å². The molecule has 0 radical (unpaired) electrons. The van der Waals surface area contributed by atoms with Crippen molar-refractivity contribution in [2.24, 2.45) is 0 Å². The standard InChI is InChI=1S/C18H20N2O4/c1-18(16(21)19-2,17(22)20-23)24-12-13-8-10-15(11-9-13)14-6-4-3-5-7-14/h3-11,23H,12H2,1-2H3,(H,19,21)(H,20,22). The molecule has 0 aliphatic carbocycles. The number of rotatable bonds is 6. The Bertz CT molecular complexity index is 683. The topological polar surface area (TPSA) is 87.7 Å². The summed E-state index contributed by atoms with van der Waals surface area (Å²) in [4.78, 5) is 23.6. The van der Waals surface area contributed by atoms with E-state index in [2.05, 4.69) is 5.32 Å². The van der Waals surface area contributed by atoms with Gasteiger partial charge in [-0.3, -0.25) is 14.8 Å². The van der Waals surface area contributed by atoms with Gasteiger partial charge in [0.25, 0.3) is 11.8 Å². The summed E-state index contributed by atoms with van der Waals surface area (Å²) in [5.74, 6) is -1.57. The maximum absolute atomic E-state index is 11.9. The molecule has 1 unspecified atom stereocenters. The van der Waals surface area contributed by atoms with E-state index in [-0.39, 0.29) is 6.61 Å². The van der Waals surface area contributed by atoms with E-state index in [9.17, 15) is 9.59 Å². The molecule has 0 aliphatic rings. The second kappa shape index (κ2) is 7.72. The first-order chi connectivity index (χ1) is 11.5. The van der Waals surface area contributed by atoms with Gasteiger partial charge in [-0.1, -0.05) is 54.6 Å². The number of carbonyl (C=O) groups excluding carboxylic acids is 2. The van der Waals surface area contributed by atoms with Gasteiger partial charge in [0, 0.05) is 7.05 Å². The van der Waals surface area contributed by atoms with Gasteiger partial charge in [0.15, 0.2) is 0 Å². The fraction of sp³-hybridized carbons (Fsp3) is 0.222. The van der Waals surface area contributed by atoms with Crippen LogP contribution in [-0.2, 0) is 20.9 Å². The number of hydrogen-bond donors (Lipinski definition) is 3. The van der Waals surface area contributed by atoms with E-state index >= 15 is 0 Å². The van der Waals surface area contributed by atoms with E-state index in [0.29, 0.717) is 0 Å². The average Bonchev–Trinajstić information content (AvgIpc) is 2.65. The highest BCUT2D eigenvalue weighted by molar-refractivity contribution is 6.07. The number of carbonyl (C=O) groups is 2. The minimum atomic E-state index is -1.82. The molecule has 24 heavy (non-hydrogen) atoms. The summed E-state index contributed by atoms with van der Waals surface area (Å²) < 4.78 is 5.48. The monoisotopic (exact) mass is 328 g/mol. The lowest BCUT2D eigenvalue weighted by Crippen LogP contribution is -2.55. The Morgan fingerprint density at radius 3 is 2.12 bits per heavy atom. The molecule has 0 heterocycles. The highest BCUT2D eigenvalue weighted by Gasteiger charge is 2.42. The molecule has 126 valence electrons. The first kappa shape index (κ1) is 17.7. The summed E-state index contributed by atoms with van der Waals surface area (Å²) in [5.41, 5.74) is 2.60. The van der Waals surface area contributed by atoms with Crippen molar-refractivity contribution in [2.45, 2.75) is 19.1 Å². The lowest BCUT2D eigenvalue weighted by atomic mass is 10.0. The van der Waals surface area contributed by atoms with E-state index in [1.54, 1.807) is 0 Å². The van der Waals surface area contributed by atoms with Crippen LogP contribution in [0.1, 0.15) is 12.5 Å². The van der Waals surface area contributed by atoms with Gasteiger partial charge in [-0.2, -0.15) is 0 Å². The van der Waals surface area contributed by atoms with Crippen molar-refractivity contribution in [1.29, 1.82) is 0 Å². The number of likely N-dealkylation sites (N-methyl/N-ethyl adjacent to an activating group) is 1. The van der Waals surface area contributed by atoms with Gasteiger partial charge < -0.3 is 10.1 Å². The molecule has 2 aromatic rings. The summed E-state index contributed by atoms with van der Waals surface area (Å²) >= 11 is 0. The second-order valence-corrected chi connectivity index (χ2v) is 5.40. The van der Waals surface area contributed by atoms with Crippen LogP contribution in [0.5, 0.6) is 0 Å². The quantitative estimate of drug-likeness (QED) is 0.429. The maximum Gasteiger partial charge on any atom is 0.285 e. The zero-order valence-electron chi connectivity index (χ0n) is 13.6. The fourth-order valence-electron chi connectivity index (χ4n) is 2.23. The van der Waals surface area contributed by atoms with Crippen molar-refractivity contribution in [2.75, 3.05) is 7.05 Å². The van der Waals surface area contributed by atoms with Gasteiger partial charge in [-0.15, -0.1) is 0 Å². The van der Waals surface area contributed by atoms with Crippen LogP contribution in [0.25, 0.3) is 11.1 Å². The molecule has 0 saturated carbocycles. The van der Waals surface area contributed by atoms with Crippen LogP contribution in [-0.4, -0.2) is 29.7 Å². The van der Waals surface area contributed by atoms with E-state index in [1.807, 2.05) is 54.6 Å². The number of nitrogens with one attached hydrogen (secondary N) is 2. The predicted octanol–water partition coefficient (Wildman–Crippen LogP) is 1.88. The number of hydroxylamine groups is 1. The minimum Gasteiger partial charge on any atom is -0.356 e. The second-order valence-electron chi connectivity index (χ2n) is 5.40. The summed E-state index contributed by atoms with van der Waals surface area (Å²) in [6, 6.07) is 17.5. The molecule has 0 aromatic heterocycles. The van der Waals surface area contributed by atoms with Crippen molar-refractivity contribution < 1.29 is 19.5 Å². The van der Waals surface area contributed by atoms with E-state index in [4.69, 9.17) is 9.94 Å². The third-order valence-electron chi connectivity index (χ3n) is 3.78. The van der Waals surface area contributed by atoms with Crippen LogP contribution in [0.3, 0.4) is 0 Å². The van der Waals surface area contributed by atoms with Gasteiger partial charge in [-0.25, -0.2) is 5.48 Å². The van der Waals surface area contributed by atoms with Crippen molar-refractivity contribution in [3.8, 4) is 11.1 Å². The molecular weight excluding hydrogens is 308 g/mol. The van der Waals surface area contributed by atoms with Crippen molar-refractivity contribution in [3.05, 3.63) is 60.2 Å². The molecule has 2 aromatic carbocycles. The van der Waals surface area contributed by atoms with E-state index in [0.717, 1.165) is 16.7 Å². The smallest absolute Gasteiger partial charge is 0.285 e. The Hall–Kier alpha value is -2.70. The van der Waals surface area contributed by atoms with E-state index < -0.39 is 17.4 Å². The molecule has 6 nitrogen and oxygen atoms in total.